The molecule has 7 heteroatoms. The molecular weight excluding hydrogens is 280 g/mol. The molecule has 1 N–H and O–H groups in total. The van der Waals surface area contributed by atoms with Gasteiger partial charge < -0.3 is 10.1 Å². The van der Waals surface area contributed by atoms with Crippen LogP contribution in [-0.4, -0.2) is 17.0 Å². The van der Waals surface area contributed by atoms with Crippen LogP contribution in [0.1, 0.15) is 0 Å². The molecule has 0 bridgehead atoms. The fourth-order valence-corrected chi connectivity index (χ4v) is 1.75. The van der Waals surface area contributed by atoms with E-state index in [1.807, 2.05) is 0 Å². The van der Waals surface area contributed by atoms with Crippen molar-refractivity contribution in [3.8, 4) is 11.6 Å². The third-order valence-corrected chi connectivity index (χ3v) is 2.42. The Morgan fingerprint density at radius 3 is 2.50 bits per heavy atom. The van der Waals surface area contributed by atoms with Crippen LogP contribution in [0.15, 0.2) is 24.4 Å². The molecule has 1 aromatic carbocycles. The van der Waals surface area contributed by atoms with E-state index >= 15 is 0 Å². The predicted molar refractivity (Wildman–Crippen MR) is 68.1 cm³/mol. The number of rotatable bonds is 3. The molecule has 0 aliphatic carbocycles. The number of hydrogen-bond acceptors (Lipinski definition) is 4. The van der Waals surface area contributed by atoms with Gasteiger partial charge >= 0.3 is 0 Å². The first-order chi connectivity index (χ1) is 8.58. The summed E-state index contributed by atoms with van der Waals surface area (Å²) in [5.41, 5.74) is 0. The molecule has 0 spiro atoms. The van der Waals surface area contributed by atoms with Gasteiger partial charge in [0.2, 0.25) is 11.8 Å². The Kier molecular flexibility index (Phi) is 3.84. The molecule has 0 aliphatic heterocycles. The third kappa shape index (κ3) is 3.00. The summed E-state index contributed by atoms with van der Waals surface area (Å²) in [5.74, 6) is -0.329. The summed E-state index contributed by atoms with van der Waals surface area (Å²) in [7, 11) is 1.62. The average molecular weight is 288 g/mol. The van der Waals surface area contributed by atoms with Gasteiger partial charge in [0.15, 0.2) is 0 Å². The van der Waals surface area contributed by atoms with Crippen molar-refractivity contribution in [3.05, 3.63) is 40.3 Å². The van der Waals surface area contributed by atoms with E-state index in [1.165, 1.54) is 12.1 Å². The highest BCUT2D eigenvalue weighted by Gasteiger charge is 2.09. The maximum Gasteiger partial charge on any atom is 0.260 e. The minimum atomic E-state index is -0.676. The summed E-state index contributed by atoms with van der Waals surface area (Å²) in [5, 5.41) is 3.46. The molecule has 0 unspecified atom stereocenters. The van der Waals surface area contributed by atoms with Crippen LogP contribution in [0.25, 0.3) is 0 Å². The molecule has 0 amide bonds. The monoisotopic (exact) mass is 287 g/mol. The van der Waals surface area contributed by atoms with Crippen LogP contribution >= 0.6 is 23.2 Å². The van der Waals surface area contributed by atoms with Crippen LogP contribution in [0.5, 0.6) is 11.6 Å². The van der Waals surface area contributed by atoms with E-state index in [0.29, 0.717) is 15.8 Å². The summed E-state index contributed by atoms with van der Waals surface area (Å²) in [6, 6.07) is 4.56. The van der Waals surface area contributed by atoms with Crippen molar-refractivity contribution in [3.63, 3.8) is 0 Å². The Morgan fingerprint density at radius 2 is 1.89 bits per heavy atom. The molecule has 0 radical (unpaired) electrons. The van der Waals surface area contributed by atoms with E-state index in [2.05, 4.69) is 15.3 Å². The van der Waals surface area contributed by atoms with Gasteiger partial charge in [0, 0.05) is 17.1 Å². The summed E-state index contributed by atoms with van der Waals surface area (Å²) >= 11 is 11.6. The molecule has 94 valence electrons. The van der Waals surface area contributed by atoms with Crippen molar-refractivity contribution in [1.82, 2.24) is 9.97 Å². The van der Waals surface area contributed by atoms with E-state index in [9.17, 15) is 4.39 Å². The van der Waals surface area contributed by atoms with Crippen molar-refractivity contribution in [1.29, 1.82) is 0 Å². The number of ether oxygens (including phenoxy) is 1. The van der Waals surface area contributed by atoms with Crippen LogP contribution in [0.2, 0.25) is 10.0 Å². The predicted octanol–water partition coefficient (Wildman–Crippen LogP) is 3.76. The molecule has 0 saturated heterocycles. The molecule has 0 aliphatic rings. The van der Waals surface area contributed by atoms with Gasteiger partial charge in [-0.05, 0) is 18.2 Å². The van der Waals surface area contributed by atoms with Crippen LogP contribution in [0.4, 0.5) is 10.3 Å². The van der Waals surface area contributed by atoms with Gasteiger partial charge in [-0.3, -0.25) is 0 Å². The normalized spacial score (nSPS) is 10.2. The molecule has 18 heavy (non-hydrogen) atoms. The lowest BCUT2D eigenvalue weighted by Crippen LogP contribution is -2.00. The molecule has 2 rings (SSSR count). The second-order valence-corrected chi connectivity index (χ2v) is 4.18. The number of anilines is 1. The fourth-order valence-electron chi connectivity index (χ4n) is 1.24. The number of aromatic nitrogens is 2. The molecule has 1 aromatic heterocycles. The Hall–Kier alpha value is -1.59. The van der Waals surface area contributed by atoms with Gasteiger partial charge in [-0.2, -0.15) is 9.37 Å². The lowest BCUT2D eigenvalue weighted by Gasteiger charge is -2.07. The van der Waals surface area contributed by atoms with E-state index < -0.39 is 5.82 Å². The lowest BCUT2D eigenvalue weighted by molar-refractivity contribution is 0.421. The molecule has 0 atom stereocenters. The number of hydrogen-bond donors (Lipinski definition) is 1. The van der Waals surface area contributed by atoms with Crippen LogP contribution in [0, 0.1) is 5.82 Å². The number of halogens is 3. The zero-order chi connectivity index (χ0) is 13.1. The number of benzene rings is 1. The van der Waals surface area contributed by atoms with E-state index in [4.69, 9.17) is 27.9 Å². The highest BCUT2D eigenvalue weighted by atomic mass is 35.5. The van der Waals surface area contributed by atoms with Crippen molar-refractivity contribution in [2.45, 2.75) is 0 Å². The smallest absolute Gasteiger partial charge is 0.260 e. The largest absolute Gasteiger partial charge is 0.436 e. The van der Waals surface area contributed by atoms with Gasteiger partial charge in [0.05, 0.1) is 6.20 Å². The zero-order valence-electron chi connectivity index (χ0n) is 9.25. The zero-order valence-corrected chi connectivity index (χ0v) is 10.8. The van der Waals surface area contributed by atoms with E-state index in [-0.39, 0.29) is 11.8 Å². The summed E-state index contributed by atoms with van der Waals surface area (Å²) in [4.78, 5) is 7.54. The van der Waals surface area contributed by atoms with Crippen molar-refractivity contribution in [2.75, 3.05) is 12.4 Å². The highest BCUT2D eigenvalue weighted by molar-refractivity contribution is 6.34. The minimum Gasteiger partial charge on any atom is -0.436 e. The van der Waals surface area contributed by atoms with Crippen LogP contribution in [0.3, 0.4) is 0 Å². The molecular formula is C11H8Cl2FN3O. The Bertz CT molecular complexity index is 560. The van der Waals surface area contributed by atoms with Crippen molar-refractivity contribution >= 4 is 29.2 Å². The Labute approximate surface area is 113 Å². The van der Waals surface area contributed by atoms with Crippen molar-refractivity contribution in [2.24, 2.45) is 0 Å². The molecule has 1 heterocycles. The Morgan fingerprint density at radius 1 is 1.22 bits per heavy atom. The van der Waals surface area contributed by atoms with Crippen LogP contribution in [-0.2, 0) is 0 Å². The first kappa shape index (κ1) is 12.9. The number of nitrogens with zero attached hydrogens (tertiary/aromatic N) is 2. The van der Waals surface area contributed by atoms with E-state index in [0.717, 1.165) is 6.20 Å². The van der Waals surface area contributed by atoms with Crippen molar-refractivity contribution < 1.29 is 9.13 Å². The topological polar surface area (TPSA) is 47.0 Å². The van der Waals surface area contributed by atoms with Gasteiger partial charge in [-0.15, -0.1) is 0 Å². The summed E-state index contributed by atoms with van der Waals surface area (Å²) < 4.78 is 18.7. The first-order valence-electron chi connectivity index (χ1n) is 4.92. The Balaban J connectivity index is 2.33. The molecule has 0 fully saturated rings. The average Bonchev–Trinajstić information content (AvgIpc) is 2.30. The maximum atomic E-state index is 13.4. The summed E-state index contributed by atoms with van der Waals surface area (Å²) in [6.07, 6.45) is 1.01. The lowest BCUT2D eigenvalue weighted by atomic mass is 10.3. The second-order valence-electron chi connectivity index (χ2n) is 3.30. The third-order valence-electron chi connectivity index (χ3n) is 1.99. The first-order valence-corrected chi connectivity index (χ1v) is 5.68. The fraction of sp³-hybridized carbons (Fsp3) is 0.0909. The quantitative estimate of drug-likeness (QED) is 0.934. The van der Waals surface area contributed by atoms with Gasteiger partial charge in [0.1, 0.15) is 5.75 Å². The standard InChI is InChI=1S/C11H8Cl2FN3O/c1-15-11-16-5-9(14)10(17-11)18-8-3-6(12)2-7(13)4-8/h2-5H,1H3,(H,15,16,17). The summed E-state index contributed by atoms with van der Waals surface area (Å²) in [6.45, 7) is 0. The van der Waals surface area contributed by atoms with Gasteiger partial charge in [-0.1, -0.05) is 23.2 Å². The molecule has 2 aromatic rings. The molecule has 4 nitrogen and oxygen atoms in total. The minimum absolute atomic E-state index is 0.201. The van der Waals surface area contributed by atoms with E-state index in [1.54, 1.807) is 13.1 Å². The van der Waals surface area contributed by atoms with Gasteiger partial charge in [0.25, 0.3) is 5.88 Å². The molecule has 0 saturated carbocycles. The van der Waals surface area contributed by atoms with Crippen LogP contribution < -0.4 is 10.1 Å². The number of nitrogens with one attached hydrogen (secondary N) is 1. The maximum absolute atomic E-state index is 13.4. The SMILES string of the molecule is CNc1ncc(F)c(Oc2cc(Cl)cc(Cl)c2)n1. The highest BCUT2D eigenvalue weighted by Crippen LogP contribution is 2.28. The van der Waals surface area contributed by atoms with Gasteiger partial charge in [-0.25, -0.2) is 4.98 Å². The second kappa shape index (κ2) is 5.37.